The smallest absolute Gasteiger partial charge is 0.337 e. The Morgan fingerprint density at radius 3 is 2.00 bits per heavy atom. The quantitative estimate of drug-likeness (QED) is 0.859. The minimum Gasteiger partial charge on any atom is -0.481 e. The van der Waals surface area contributed by atoms with Crippen molar-refractivity contribution in [3.8, 4) is 0 Å². The molecule has 0 heterocycles. The van der Waals surface area contributed by atoms with Gasteiger partial charge >= 0.3 is 11.9 Å². The third-order valence-electron chi connectivity index (χ3n) is 2.79. The molecule has 0 aliphatic carbocycles. The van der Waals surface area contributed by atoms with E-state index in [4.69, 9.17) is 5.11 Å². The summed E-state index contributed by atoms with van der Waals surface area (Å²) >= 11 is 1.54. The van der Waals surface area contributed by atoms with E-state index in [0.29, 0.717) is 5.56 Å². The number of methoxy groups -OCH3 is 1. The number of hydrogen-bond acceptors (Lipinski definition) is 4. The summed E-state index contributed by atoms with van der Waals surface area (Å²) in [5.41, 5.74) is 1.28. The number of carboxylic acid groups (broad SMARTS) is 1. The molecule has 0 atom stereocenters. The van der Waals surface area contributed by atoms with Crippen LogP contribution in [-0.2, 0) is 16.0 Å². The van der Waals surface area contributed by atoms with E-state index in [9.17, 15) is 9.59 Å². The van der Waals surface area contributed by atoms with Crippen molar-refractivity contribution in [2.75, 3.05) is 7.11 Å². The molecule has 5 heteroatoms. The number of carbonyl (C=O) groups excluding carboxylic acids is 1. The number of benzene rings is 2. The predicted octanol–water partition coefficient (Wildman–Crippen LogP) is 3.25. The standard InChI is InChI=1S/C16H14O4S/c1-20-16(19)12-4-8-14(9-5-12)21-13-6-2-11(3-7-13)10-15(17)18/h2-9H,10H2,1H3,(H,17,18). The van der Waals surface area contributed by atoms with E-state index >= 15 is 0 Å². The van der Waals surface area contributed by atoms with Gasteiger partial charge in [-0.25, -0.2) is 4.79 Å². The summed E-state index contributed by atoms with van der Waals surface area (Å²) in [6.07, 6.45) is 0.0266. The van der Waals surface area contributed by atoms with Crippen molar-refractivity contribution in [2.45, 2.75) is 16.2 Å². The van der Waals surface area contributed by atoms with E-state index in [1.54, 1.807) is 36.0 Å². The fraction of sp³-hybridized carbons (Fsp3) is 0.125. The summed E-state index contributed by atoms with van der Waals surface area (Å²) in [7, 11) is 1.35. The number of rotatable bonds is 5. The molecule has 0 aliphatic rings. The van der Waals surface area contributed by atoms with Gasteiger partial charge in [0.15, 0.2) is 0 Å². The Hall–Kier alpha value is -2.27. The fourth-order valence-electron chi connectivity index (χ4n) is 1.76. The first kappa shape index (κ1) is 15.1. The summed E-state index contributed by atoms with van der Waals surface area (Å²) in [5, 5.41) is 8.72. The highest BCUT2D eigenvalue weighted by molar-refractivity contribution is 7.99. The lowest BCUT2D eigenvalue weighted by Crippen LogP contribution is -2.00. The summed E-state index contributed by atoms with van der Waals surface area (Å²) in [5.74, 6) is -1.20. The van der Waals surface area contributed by atoms with Crippen LogP contribution in [0, 0.1) is 0 Å². The zero-order valence-corrected chi connectivity index (χ0v) is 12.2. The highest BCUT2D eigenvalue weighted by Crippen LogP contribution is 2.28. The highest BCUT2D eigenvalue weighted by atomic mass is 32.2. The lowest BCUT2D eigenvalue weighted by Gasteiger charge is -2.04. The van der Waals surface area contributed by atoms with Gasteiger partial charge in [-0.2, -0.15) is 0 Å². The van der Waals surface area contributed by atoms with Crippen LogP contribution >= 0.6 is 11.8 Å². The van der Waals surface area contributed by atoms with Gasteiger partial charge in [0, 0.05) is 9.79 Å². The van der Waals surface area contributed by atoms with E-state index in [1.165, 1.54) is 7.11 Å². The largest absolute Gasteiger partial charge is 0.481 e. The van der Waals surface area contributed by atoms with Gasteiger partial charge in [-0.15, -0.1) is 0 Å². The van der Waals surface area contributed by atoms with E-state index in [-0.39, 0.29) is 12.4 Å². The summed E-state index contributed by atoms with van der Waals surface area (Å²) in [6.45, 7) is 0. The van der Waals surface area contributed by atoms with E-state index < -0.39 is 5.97 Å². The predicted molar refractivity (Wildman–Crippen MR) is 79.7 cm³/mol. The van der Waals surface area contributed by atoms with Crippen LogP contribution in [0.4, 0.5) is 0 Å². The third-order valence-corrected chi connectivity index (χ3v) is 3.81. The molecule has 0 fully saturated rings. The Kier molecular flexibility index (Phi) is 5.00. The number of carboxylic acids is 1. The van der Waals surface area contributed by atoms with E-state index in [1.807, 2.05) is 24.3 Å². The van der Waals surface area contributed by atoms with Crippen molar-refractivity contribution in [3.63, 3.8) is 0 Å². The molecule has 21 heavy (non-hydrogen) atoms. The minimum atomic E-state index is -0.839. The molecule has 2 aromatic carbocycles. The van der Waals surface area contributed by atoms with Gasteiger partial charge in [0.25, 0.3) is 0 Å². The second-order valence-corrected chi connectivity index (χ2v) is 5.48. The van der Waals surface area contributed by atoms with Crippen molar-refractivity contribution in [2.24, 2.45) is 0 Å². The number of ether oxygens (including phenoxy) is 1. The van der Waals surface area contributed by atoms with Gasteiger partial charge < -0.3 is 9.84 Å². The van der Waals surface area contributed by atoms with Crippen LogP contribution in [0.3, 0.4) is 0 Å². The Morgan fingerprint density at radius 1 is 1.00 bits per heavy atom. The molecule has 4 nitrogen and oxygen atoms in total. The Morgan fingerprint density at radius 2 is 1.52 bits per heavy atom. The van der Waals surface area contributed by atoms with Gasteiger partial charge in [0.2, 0.25) is 0 Å². The molecule has 0 amide bonds. The molecule has 2 aromatic rings. The van der Waals surface area contributed by atoms with Gasteiger partial charge in [-0.3, -0.25) is 4.79 Å². The molecular weight excluding hydrogens is 288 g/mol. The molecule has 0 radical (unpaired) electrons. The van der Waals surface area contributed by atoms with Crippen molar-refractivity contribution in [1.29, 1.82) is 0 Å². The molecule has 0 saturated heterocycles. The zero-order valence-electron chi connectivity index (χ0n) is 11.4. The fourth-order valence-corrected chi connectivity index (χ4v) is 2.58. The van der Waals surface area contributed by atoms with Crippen molar-refractivity contribution < 1.29 is 19.4 Å². The first-order valence-corrected chi connectivity index (χ1v) is 7.07. The van der Waals surface area contributed by atoms with Crippen LogP contribution in [0.1, 0.15) is 15.9 Å². The van der Waals surface area contributed by atoms with Crippen LogP contribution in [0.5, 0.6) is 0 Å². The molecule has 1 N–H and O–H groups in total. The average molecular weight is 302 g/mol. The lowest BCUT2D eigenvalue weighted by atomic mass is 10.2. The maximum atomic E-state index is 11.3. The SMILES string of the molecule is COC(=O)c1ccc(Sc2ccc(CC(=O)O)cc2)cc1. The van der Waals surface area contributed by atoms with Crippen molar-refractivity contribution in [1.82, 2.24) is 0 Å². The molecule has 2 rings (SSSR count). The monoisotopic (exact) mass is 302 g/mol. The normalized spacial score (nSPS) is 10.1. The Labute approximate surface area is 126 Å². The minimum absolute atomic E-state index is 0.0266. The molecule has 0 bridgehead atoms. The lowest BCUT2D eigenvalue weighted by molar-refractivity contribution is -0.136. The average Bonchev–Trinajstić information content (AvgIpc) is 2.49. The van der Waals surface area contributed by atoms with E-state index in [2.05, 4.69) is 4.74 Å². The Balaban J connectivity index is 2.04. The van der Waals surface area contributed by atoms with E-state index in [0.717, 1.165) is 15.4 Å². The first-order chi connectivity index (χ1) is 10.1. The van der Waals surface area contributed by atoms with Crippen molar-refractivity contribution >= 4 is 23.7 Å². The van der Waals surface area contributed by atoms with Crippen LogP contribution in [0.15, 0.2) is 58.3 Å². The molecule has 0 aliphatic heterocycles. The topological polar surface area (TPSA) is 63.6 Å². The second-order valence-electron chi connectivity index (χ2n) is 4.33. The summed E-state index contributed by atoms with van der Waals surface area (Å²) in [4.78, 5) is 23.9. The highest BCUT2D eigenvalue weighted by Gasteiger charge is 2.05. The first-order valence-electron chi connectivity index (χ1n) is 6.25. The molecule has 0 saturated carbocycles. The number of hydrogen-bond donors (Lipinski definition) is 1. The Bertz CT molecular complexity index is 632. The molecule has 0 unspecified atom stereocenters. The molecular formula is C16H14O4S. The van der Waals surface area contributed by atoms with Gasteiger partial charge in [-0.1, -0.05) is 23.9 Å². The number of esters is 1. The van der Waals surface area contributed by atoms with Gasteiger partial charge in [0.1, 0.15) is 0 Å². The molecule has 108 valence electrons. The van der Waals surface area contributed by atoms with Crippen LogP contribution < -0.4 is 0 Å². The summed E-state index contributed by atoms with van der Waals surface area (Å²) < 4.78 is 4.65. The van der Waals surface area contributed by atoms with Gasteiger partial charge in [0.05, 0.1) is 19.1 Å². The van der Waals surface area contributed by atoms with Crippen molar-refractivity contribution in [3.05, 3.63) is 59.7 Å². The molecule has 0 aromatic heterocycles. The number of carbonyl (C=O) groups is 2. The van der Waals surface area contributed by atoms with Crippen LogP contribution in [-0.4, -0.2) is 24.2 Å². The van der Waals surface area contributed by atoms with Crippen LogP contribution in [0.25, 0.3) is 0 Å². The van der Waals surface area contributed by atoms with Gasteiger partial charge in [-0.05, 0) is 42.0 Å². The zero-order chi connectivity index (χ0) is 15.2. The molecule has 0 spiro atoms. The maximum absolute atomic E-state index is 11.3. The third kappa shape index (κ3) is 4.36. The number of aliphatic carboxylic acids is 1. The second kappa shape index (κ2) is 6.95. The maximum Gasteiger partial charge on any atom is 0.337 e. The summed E-state index contributed by atoms with van der Waals surface area (Å²) in [6, 6.07) is 14.5. The van der Waals surface area contributed by atoms with Crippen LogP contribution in [0.2, 0.25) is 0 Å².